The standard InChI is InChI=1S/C12H7N5O2S2/c13-10-11(8-3-1-2-4-14-8)15-5-9(18-16-6-20)12(10)19-17-7-21/h1-5H,13H2. The summed E-state index contributed by atoms with van der Waals surface area (Å²) in [7, 11) is 0. The molecule has 2 N–H and O–H groups in total. The number of hydrogen-bond donors (Lipinski definition) is 1. The third kappa shape index (κ3) is 3.44. The van der Waals surface area contributed by atoms with Gasteiger partial charge < -0.3 is 15.4 Å². The van der Waals surface area contributed by atoms with Crippen LogP contribution in [0.2, 0.25) is 0 Å². The van der Waals surface area contributed by atoms with Crippen LogP contribution in [0.15, 0.2) is 40.9 Å². The Balaban J connectivity index is 2.55. The van der Waals surface area contributed by atoms with Gasteiger partial charge in [-0.3, -0.25) is 4.98 Å². The molecule has 0 aliphatic heterocycles. The van der Waals surface area contributed by atoms with Crippen LogP contribution in [0.25, 0.3) is 11.4 Å². The van der Waals surface area contributed by atoms with Gasteiger partial charge in [0, 0.05) is 6.20 Å². The molecule has 7 nitrogen and oxygen atoms in total. The molecule has 2 aromatic rings. The second kappa shape index (κ2) is 7.18. The Morgan fingerprint density at radius 1 is 1.10 bits per heavy atom. The molecule has 104 valence electrons. The van der Waals surface area contributed by atoms with Crippen molar-refractivity contribution in [2.75, 3.05) is 5.73 Å². The first-order valence-electron chi connectivity index (χ1n) is 5.46. The Kier molecular flexibility index (Phi) is 5.03. The lowest BCUT2D eigenvalue weighted by atomic mass is 10.2. The van der Waals surface area contributed by atoms with Gasteiger partial charge in [0.25, 0.3) is 0 Å². The first-order chi connectivity index (χ1) is 10.3. The molecular formula is C12H7N5O2S2. The zero-order valence-corrected chi connectivity index (χ0v) is 12.0. The number of isothiocyanates is 2. The van der Waals surface area contributed by atoms with Gasteiger partial charge in [0.15, 0.2) is 0 Å². The average molecular weight is 317 g/mol. The number of anilines is 1. The molecule has 0 spiro atoms. The van der Waals surface area contributed by atoms with Crippen molar-refractivity contribution in [2.24, 2.45) is 10.3 Å². The van der Waals surface area contributed by atoms with Crippen LogP contribution >= 0.6 is 24.4 Å². The second-order valence-electron chi connectivity index (χ2n) is 3.48. The highest BCUT2D eigenvalue weighted by Crippen LogP contribution is 2.38. The third-order valence-corrected chi connectivity index (χ3v) is 2.45. The number of rotatable bonds is 5. The van der Waals surface area contributed by atoms with E-state index in [1.807, 2.05) is 5.16 Å². The maximum Gasteiger partial charge on any atom is 0.230 e. The first-order valence-corrected chi connectivity index (χ1v) is 6.27. The molecule has 0 saturated carbocycles. The van der Waals surface area contributed by atoms with Gasteiger partial charge in [-0.25, -0.2) is 4.98 Å². The second-order valence-corrected chi connectivity index (χ2v) is 3.84. The summed E-state index contributed by atoms with van der Waals surface area (Å²) in [6.45, 7) is 0. The third-order valence-electron chi connectivity index (χ3n) is 2.30. The van der Waals surface area contributed by atoms with Gasteiger partial charge >= 0.3 is 0 Å². The molecule has 0 radical (unpaired) electrons. The highest BCUT2D eigenvalue weighted by atomic mass is 32.1. The summed E-state index contributed by atoms with van der Waals surface area (Å²) in [4.78, 5) is 18.3. The number of aromatic nitrogens is 2. The van der Waals surface area contributed by atoms with Gasteiger partial charge in [0.1, 0.15) is 21.7 Å². The van der Waals surface area contributed by atoms with Crippen molar-refractivity contribution in [3.05, 3.63) is 30.6 Å². The number of nitrogen functional groups attached to an aromatic ring is 1. The smallest absolute Gasteiger partial charge is 0.230 e. The van der Waals surface area contributed by atoms with Gasteiger partial charge in [0.2, 0.25) is 11.5 Å². The average Bonchev–Trinajstić information content (AvgIpc) is 2.53. The van der Waals surface area contributed by atoms with E-state index in [1.54, 1.807) is 24.4 Å². The molecule has 0 amide bonds. The Bertz CT molecular complexity index is 741. The topological polar surface area (TPSA) is 95.0 Å². The molecule has 0 bridgehead atoms. The number of nitrogens with two attached hydrogens (primary N) is 1. The zero-order valence-electron chi connectivity index (χ0n) is 10.4. The molecule has 0 fully saturated rings. The quantitative estimate of drug-likeness (QED) is 0.514. The summed E-state index contributed by atoms with van der Waals surface area (Å²) < 4.78 is 0. The first kappa shape index (κ1) is 14.7. The van der Waals surface area contributed by atoms with Gasteiger partial charge in [-0.1, -0.05) is 6.07 Å². The summed E-state index contributed by atoms with van der Waals surface area (Å²) in [5.74, 6) is 0.190. The summed E-state index contributed by atoms with van der Waals surface area (Å²) in [5, 5.41) is 10.8. The van der Waals surface area contributed by atoms with Gasteiger partial charge in [0.05, 0.1) is 11.9 Å². The van der Waals surface area contributed by atoms with Crippen molar-refractivity contribution in [3.63, 3.8) is 0 Å². The number of pyridine rings is 2. The highest BCUT2D eigenvalue weighted by molar-refractivity contribution is 7.78. The van der Waals surface area contributed by atoms with Crippen molar-refractivity contribution in [2.45, 2.75) is 0 Å². The zero-order chi connectivity index (χ0) is 15.1. The van der Waals surface area contributed by atoms with Crippen LogP contribution in [0.5, 0.6) is 11.5 Å². The molecule has 0 aliphatic rings. The molecule has 2 rings (SSSR count). The molecule has 2 heterocycles. The fraction of sp³-hybridized carbons (Fsp3) is 0. The van der Waals surface area contributed by atoms with Crippen molar-refractivity contribution in [3.8, 4) is 22.9 Å². The maximum absolute atomic E-state index is 6.01. The summed E-state index contributed by atoms with van der Waals surface area (Å²) >= 11 is 8.87. The van der Waals surface area contributed by atoms with Crippen molar-refractivity contribution < 1.29 is 9.68 Å². The predicted octanol–water partition coefficient (Wildman–Crippen LogP) is 2.52. The predicted molar refractivity (Wildman–Crippen MR) is 83.2 cm³/mol. The molecule has 0 aliphatic carbocycles. The van der Waals surface area contributed by atoms with Crippen LogP contribution < -0.4 is 15.4 Å². The minimum Gasteiger partial charge on any atom is -0.394 e. The Labute approximate surface area is 130 Å². The summed E-state index contributed by atoms with van der Waals surface area (Å²) in [5.41, 5.74) is 7.15. The van der Waals surface area contributed by atoms with Gasteiger partial charge in [-0.15, -0.1) is 0 Å². The molecule has 0 unspecified atom stereocenters. The minimum atomic E-state index is 0.0806. The van der Waals surface area contributed by atoms with Crippen LogP contribution in [0.3, 0.4) is 0 Å². The monoisotopic (exact) mass is 317 g/mol. The lowest BCUT2D eigenvalue weighted by molar-refractivity contribution is 0.291. The van der Waals surface area contributed by atoms with Crippen LogP contribution in [0.4, 0.5) is 5.69 Å². The van der Waals surface area contributed by atoms with Gasteiger partial charge in [-0.2, -0.15) is 0 Å². The van der Waals surface area contributed by atoms with E-state index in [0.717, 1.165) is 0 Å². The van der Waals surface area contributed by atoms with E-state index in [-0.39, 0.29) is 17.2 Å². The largest absolute Gasteiger partial charge is 0.394 e. The molecular weight excluding hydrogens is 310 g/mol. The normalized spacial score (nSPS) is 9.14. The number of thiocarbonyl (C=S) groups is 2. The number of hydrogen-bond acceptors (Lipinski definition) is 9. The van der Waals surface area contributed by atoms with E-state index in [2.05, 4.69) is 49.9 Å². The minimum absolute atomic E-state index is 0.0806. The van der Waals surface area contributed by atoms with E-state index in [4.69, 9.17) is 15.4 Å². The van der Waals surface area contributed by atoms with Crippen LogP contribution in [0, 0.1) is 0 Å². The van der Waals surface area contributed by atoms with E-state index in [0.29, 0.717) is 11.4 Å². The lowest BCUT2D eigenvalue weighted by Gasteiger charge is -2.10. The molecule has 21 heavy (non-hydrogen) atoms. The van der Waals surface area contributed by atoms with Crippen LogP contribution in [0.1, 0.15) is 0 Å². The fourth-order valence-corrected chi connectivity index (χ4v) is 1.56. The lowest BCUT2D eigenvalue weighted by Crippen LogP contribution is -2.01. The molecule has 0 aromatic carbocycles. The summed E-state index contributed by atoms with van der Waals surface area (Å²) in [6.07, 6.45) is 2.97. The van der Waals surface area contributed by atoms with E-state index >= 15 is 0 Å². The fourth-order valence-electron chi connectivity index (χ4n) is 1.49. The van der Waals surface area contributed by atoms with Gasteiger partial charge in [-0.05, 0) is 46.9 Å². The number of nitrogens with zero attached hydrogens (tertiary/aromatic N) is 4. The maximum atomic E-state index is 6.01. The van der Waals surface area contributed by atoms with E-state index in [9.17, 15) is 0 Å². The van der Waals surface area contributed by atoms with E-state index < -0.39 is 0 Å². The van der Waals surface area contributed by atoms with Crippen molar-refractivity contribution in [1.29, 1.82) is 0 Å². The summed E-state index contributed by atoms with van der Waals surface area (Å²) in [6, 6.07) is 5.33. The molecule has 2 aromatic heterocycles. The van der Waals surface area contributed by atoms with Crippen molar-refractivity contribution in [1.82, 2.24) is 9.97 Å². The molecule has 0 saturated heterocycles. The Morgan fingerprint density at radius 3 is 2.52 bits per heavy atom. The Morgan fingerprint density at radius 2 is 1.86 bits per heavy atom. The van der Waals surface area contributed by atoms with Crippen LogP contribution in [-0.2, 0) is 0 Å². The molecule has 9 heteroatoms. The van der Waals surface area contributed by atoms with Crippen molar-refractivity contribution >= 4 is 40.4 Å². The Hall–Kier alpha value is -2.70. The van der Waals surface area contributed by atoms with Crippen LogP contribution in [-0.4, -0.2) is 20.3 Å². The highest BCUT2D eigenvalue weighted by Gasteiger charge is 2.18. The SMILES string of the molecule is Nc1c(-c2ccccn2)ncc(ON=C=S)c1ON=C=S. The molecule has 0 atom stereocenters. The van der Waals surface area contributed by atoms with E-state index in [1.165, 1.54) is 6.20 Å².